The summed E-state index contributed by atoms with van der Waals surface area (Å²) in [5.74, 6) is 1.00. The van der Waals surface area contributed by atoms with Gasteiger partial charge in [-0.3, -0.25) is 9.78 Å². The van der Waals surface area contributed by atoms with E-state index < -0.39 is 0 Å². The van der Waals surface area contributed by atoms with Gasteiger partial charge < -0.3 is 25.0 Å². The number of nitrogens with one attached hydrogen (secondary N) is 2. The van der Waals surface area contributed by atoms with Crippen molar-refractivity contribution < 1.29 is 18.7 Å². The van der Waals surface area contributed by atoms with Crippen molar-refractivity contribution in [2.75, 3.05) is 38.7 Å². The van der Waals surface area contributed by atoms with E-state index in [4.69, 9.17) is 9.47 Å². The van der Waals surface area contributed by atoms with Crippen molar-refractivity contribution in [1.82, 2.24) is 25.2 Å². The minimum atomic E-state index is -0.332. The van der Waals surface area contributed by atoms with E-state index in [2.05, 4.69) is 37.4 Å². The maximum Gasteiger partial charge on any atom is 0.263 e. The number of halogens is 1. The van der Waals surface area contributed by atoms with Gasteiger partial charge in [-0.05, 0) is 57.5 Å². The van der Waals surface area contributed by atoms with Crippen molar-refractivity contribution in [1.29, 1.82) is 0 Å². The lowest BCUT2D eigenvalue weighted by molar-refractivity contribution is -0.118. The molecule has 2 N–H and O–H groups in total. The van der Waals surface area contributed by atoms with Gasteiger partial charge in [0.25, 0.3) is 5.91 Å². The molecule has 0 aliphatic carbocycles. The number of hydrogen-bond donors (Lipinski definition) is 2. The van der Waals surface area contributed by atoms with Gasteiger partial charge in [0.2, 0.25) is 5.88 Å². The number of likely N-dealkylation sites (tertiary alicyclic amines) is 1. The average molecular weight is 481 g/mol. The summed E-state index contributed by atoms with van der Waals surface area (Å²) < 4.78 is 25.2. The Morgan fingerprint density at radius 3 is 2.86 bits per heavy atom. The van der Waals surface area contributed by atoms with Gasteiger partial charge in [0.05, 0.1) is 30.0 Å². The summed E-state index contributed by atoms with van der Waals surface area (Å²) in [7, 11) is 1.55. The second kappa shape index (κ2) is 9.71. The second-order valence-electron chi connectivity index (χ2n) is 9.30. The van der Waals surface area contributed by atoms with Crippen LogP contribution in [0.5, 0.6) is 11.6 Å². The number of piperidine rings is 1. The Balaban J connectivity index is 1.16. The highest BCUT2D eigenvalue weighted by Crippen LogP contribution is 2.27. The van der Waals surface area contributed by atoms with Crippen molar-refractivity contribution in [2.24, 2.45) is 0 Å². The van der Waals surface area contributed by atoms with E-state index in [1.54, 1.807) is 19.2 Å². The third-order valence-corrected chi connectivity index (χ3v) is 6.82. The molecular weight excluding hydrogens is 451 g/mol. The maximum absolute atomic E-state index is 14.6. The molecule has 0 bridgehead atoms. The monoisotopic (exact) mass is 480 g/mol. The van der Waals surface area contributed by atoms with Gasteiger partial charge in [-0.1, -0.05) is 0 Å². The SMILES string of the molecule is COc1ccc2ncc(F)c(CCN3CCC(C)(NCc4ccc5c(n4)NC(=O)CO5)CC3)c2n1. The molecule has 0 spiro atoms. The Morgan fingerprint density at radius 1 is 1.23 bits per heavy atom. The molecule has 2 aliphatic rings. The van der Waals surface area contributed by atoms with Crippen molar-refractivity contribution >= 4 is 22.8 Å². The normalized spacial score (nSPS) is 17.5. The summed E-state index contributed by atoms with van der Waals surface area (Å²) in [5, 5.41) is 6.39. The number of hydrogen-bond acceptors (Lipinski definition) is 8. The molecule has 0 aromatic carbocycles. The lowest BCUT2D eigenvalue weighted by atomic mass is 9.89. The highest BCUT2D eigenvalue weighted by atomic mass is 19.1. The molecule has 0 atom stereocenters. The maximum atomic E-state index is 14.6. The number of aromatic nitrogens is 3. The molecule has 10 heteroatoms. The Kier molecular flexibility index (Phi) is 6.48. The topological polar surface area (TPSA) is 102 Å². The molecule has 5 heterocycles. The first kappa shape index (κ1) is 23.4. The first-order valence-electron chi connectivity index (χ1n) is 11.8. The quantitative estimate of drug-likeness (QED) is 0.532. The number of fused-ring (bicyclic) bond motifs is 2. The number of anilines is 1. The Hall–Kier alpha value is -3.37. The van der Waals surface area contributed by atoms with Crippen molar-refractivity contribution in [2.45, 2.75) is 38.3 Å². The lowest BCUT2D eigenvalue weighted by Gasteiger charge is -2.40. The second-order valence-corrected chi connectivity index (χ2v) is 9.30. The summed E-state index contributed by atoms with van der Waals surface area (Å²) in [5.41, 5.74) is 2.62. The predicted octanol–water partition coefficient (Wildman–Crippen LogP) is 2.69. The molecular formula is C25H29FN6O3. The van der Waals surface area contributed by atoms with Crippen LogP contribution in [0.4, 0.5) is 10.2 Å². The highest BCUT2D eigenvalue weighted by molar-refractivity contribution is 5.94. The van der Waals surface area contributed by atoms with Crippen molar-refractivity contribution in [3.63, 3.8) is 0 Å². The van der Waals surface area contributed by atoms with E-state index in [1.807, 2.05) is 12.1 Å². The molecule has 0 radical (unpaired) electrons. The molecule has 0 saturated carbocycles. The van der Waals surface area contributed by atoms with Gasteiger partial charge in [-0.2, -0.15) is 0 Å². The molecule has 1 fully saturated rings. The summed E-state index contributed by atoms with van der Waals surface area (Å²) in [4.78, 5) is 27.0. The van der Waals surface area contributed by atoms with Gasteiger partial charge >= 0.3 is 0 Å². The number of pyridine rings is 3. The molecule has 1 amide bonds. The molecule has 2 aliphatic heterocycles. The summed E-state index contributed by atoms with van der Waals surface area (Å²) in [6.45, 7) is 5.41. The zero-order chi connectivity index (χ0) is 24.4. The molecule has 0 unspecified atom stereocenters. The fraction of sp³-hybridized carbons (Fsp3) is 0.440. The number of carbonyl (C=O) groups excluding carboxylic acids is 1. The minimum Gasteiger partial charge on any atom is -0.481 e. The van der Waals surface area contributed by atoms with Gasteiger partial charge in [0.1, 0.15) is 5.82 Å². The molecule has 5 rings (SSSR count). The van der Waals surface area contributed by atoms with Crippen LogP contribution in [-0.2, 0) is 17.8 Å². The molecule has 3 aromatic heterocycles. The number of ether oxygens (including phenoxy) is 2. The van der Waals surface area contributed by atoms with Crippen LogP contribution in [0.25, 0.3) is 11.0 Å². The van der Waals surface area contributed by atoms with Crippen LogP contribution in [0.3, 0.4) is 0 Å². The number of methoxy groups -OCH3 is 1. The fourth-order valence-electron chi connectivity index (χ4n) is 4.55. The lowest BCUT2D eigenvalue weighted by Crippen LogP contribution is -2.51. The van der Waals surface area contributed by atoms with E-state index in [9.17, 15) is 9.18 Å². The molecule has 35 heavy (non-hydrogen) atoms. The third kappa shape index (κ3) is 5.18. The van der Waals surface area contributed by atoms with Crippen molar-refractivity contribution in [3.8, 4) is 11.6 Å². The first-order chi connectivity index (χ1) is 16.9. The van der Waals surface area contributed by atoms with Crippen molar-refractivity contribution in [3.05, 3.63) is 47.5 Å². The standard InChI is InChI=1S/C25H29FN6O3/c1-25(28-13-16-3-5-20-24(29-16)30-21(33)15-35-20)8-11-32(12-9-25)10-7-17-18(26)14-27-19-4-6-22(34-2)31-23(17)19/h3-6,14,28H,7-13,15H2,1-2H3,(H,29,30,33). The van der Waals surface area contributed by atoms with E-state index >= 15 is 0 Å². The van der Waals surface area contributed by atoms with Gasteiger partial charge in [0, 0.05) is 30.3 Å². The molecule has 3 aromatic rings. The first-order valence-corrected chi connectivity index (χ1v) is 11.8. The highest BCUT2D eigenvalue weighted by Gasteiger charge is 2.30. The van der Waals surface area contributed by atoms with Crippen LogP contribution in [0.1, 0.15) is 31.0 Å². The minimum absolute atomic E-state index is 0.0234. The molecule has 1 saturated heterocycles. The predicted molar refractivity (Wildman–Crippen MR) is 129 cm³/mol. The zero-order valence-electron chi connectivity index (χ0n) is 19.9. The van der Waals surface area contributed by atoms with Gasteiger partial charge in [0.15, 0.2) is 18.2 Å². The summed E-state index contributed by atoms with van der Waals surface area (Å²) in [6, 6.07) is 7.30. The largest absolute Gasteiger partial charge is 0.481 e. The zero-order valence-corrected chi connectivity index (χ0v) is 19.9. The summed E-state index contributed by atoms with van der Waals surface area (Å²) >= 11 is 0. The van der Waals surface area contributed by atoms with E-state index in [-0.39, 0.29) is 23.9 Å². The average Bonchev–Trinajstić information content (AvgIpc) is 2.87. The van der Waals surface area contributed by atoms with Crippen LogP contribution < -0.4 is 20.1 Å². The Labute approximate surface area is 203 Å². The van der Waals surface area contributed by atoms with Crippen LogP contribution in [0, 0.1) is 5.82 Å². The van der Waals surface area contributed by atoms with E-state index in [1.165, 1.54) is 6.20 Å². The van der Waals surface area contributed by atoms with Crippen LogP contribution in [-0.4, -0.2) is 64.6 Å². The number of carbonyl (C=O) groups is 1. The molecule has 9 nitrogen and oxygen atoms in total. The Bertz CT molecular complexity index is 1250. The fourth-order valence-corrected chi connectivity index (χ4v) is 4.55. The number of rotatable bonds is 7. The van der Waals surface area contributed by atoms with Gasteiger partial charge in [-0.25, -0.2) is 14.4 Å². The van der Waals surface area contributed by atoms with Crippen LogP contribution in [0.2, 0.25) is 0 Å². The molecule has 184 valence electrons. The van der Waals surface area contributed by atoms with Crippen LogP contribution >= 0.6 is 0 Å². The Morgan fingerprint density at radius 2 is 2.06 bits per heavy atom. The number of nitrogens with zero attached hydrogens (tertiary/aromatic N) is 4. The summed E-state index contributed by atoms with van der Waals surface area (Å²) in [6.07, 6.45) is 3.75. The van der Waals surface area contributed by atoms with E-state index in [0.29, 0.717) is 47.0 Å². The number of amides is 1. The van der Waals surface area contributed by atoms with E-state index in [0.717, 1.165) is 38.2 Å². The van der Waals surface area contributed by atoms with Gasteiger partial charge in [-0.15, -0.1) is 0 Å². The third-order valence-electron chi connectivity index (χ3n) is 6.82. The smallest absolute Gasteiger partial charge is 0.263 e. The van der Waals surface area contributed by atoms with Crippen LogP contribution in [0.15, 0.2) is 30.5 Å².